The highest BCUT2D eigenvalue weighted by molar-refractivity contribution is 5.95. The molecule has 0 bridgehead atoms. The first-order valence-electron chi connectivity index (χ1n) is 7.26. The van der Waals surface area contributed by atoms with E-state index >= 15 is 0 Å². The topological polar surface area (TPSA) is 95.9 Å². The van der Waals surface area contributed by atoms with Gasteiger partial charge in [0.15, 0.2) is 11.5 Å². The molecule has 26 heavy (non-hydrogen) atoms. The van der Waals surface area contributed by atoms with Gasteiger partial charge in [0.2, 0.25) is 0 Å². The minimum atomic E-state index is -4.79. The Balaban J connectivity index is 2.11. The number of carbonyl (C=O) groups is 1. The predicted octanol–water partition coefficient (Wildman–Crippen LogP) is 2.60. The number of rotatable bonds is 4. The van der Waals surface area contributed by atoms with Crippen molar-refractivity contribution in [1.29, 1.82) is 0 Å². The zero-order valence-electron chi connectivity index (χ0n) is 13.4. The Labute approximate surface area is 145 Å². The van der Waals surface area contributed by atoms with Gasteiger partial charge in [-0.1, -0.05) is 12.1 Å². The van der Waals surface area contributed by atoms with Crippen LogP contribution in [-0.2, 0) is 6.54 Å². The van der Waals surface area contributed by atoms with E-state index in [9.17, 15) is 33.0 Å². The lowest BCUT2D eigenvalue weighted by Gasteiger charge is -2.10. The normalized spacial score (nSPS) is 11.1. The van der Waals surface area contributed by atoms with Crippen LogP contribution in [0.5, 0.6) is 17.2 Å². The fourth-order valence-electron chi connectivity index (χ4n) is 2.13. The summed E-state index contributed by atoms with van der Waals surface area (Å²) < 4.78 is 40.0. The summed E-state index contributed by atoms with van der Waals surface area (Å²) in [6.45, 7) is 1.46. The molecule has 2 aromatic rings. The van der Waals surface area contributed by atoms with Crippen molar-refractivity contribution >= 4 is 5.91 Å². The molecule has 0 heterocycles. The SMILES string of the molecule is Cc1cc(O)c(=O)c(O)cc1C(=O)NCc1ccc(OC(F)(F)F)cc1. The van der Waals surface area contributed by atoms with Crippen molar-refractivity contribution in [2.24, 2.45) is 0 Å². The number of nitrogens with one attached hydrogen (secondary N) is 1. The standard InChI is InChI=1S/C17H14F3NO5/c1-9-6-13(22)15(24)14(23)7-12(9)16(25)21-8-10-2-4-11(5-3-10)26-17(18,19)20/h2-7H,8H2,1H3,(H,21,25)(H2,22,23,24). The molecule has 0 atom stereocenters. The maximum atomic E-state index is 12.2. The lowest BCUT2D eigenvalue weighted by molar-refractivity contribution is -0.274. The van der Waals surface area contributed by atoms with Gasteiger partial charge in [0.05, 0.1) is 0 Å². The molecule has 0 fully saturated rings. The van der Waals surface area contributed by atoms with E-state index in [1.54, 1.807) is 0 Å². The van der Waals surface area contributed by atoms with E-state index in [0.717, 1.165) is 24.3 Å². The molecule has 0 aliphatic carbocycles. The molecule has 6 nitrogen and oxygen atoms in total. The zero-order valence-corrected chi connectivity index (χ0v) is 13.4. The number of ether oxygens (including phenoxy) is 1. The molecule has 0 unspecified atom stereocenters. The van der Waals surface area contributed by atoms with E-state index in [2.05, 4.69) is 10.1 Å². The third kappa shape index (κ3) is 4.88. The van der Waals surface area contributed by atoms with Crippen LogP contribution < -0.4 is 15.5 Å². The van der Waals surface area contributed by atoms with Crippen LogP contribution in [0.4, 0.5) is 13.2 Å². The first-order chi connectivity index (χ1) is 12.1. The Kier molecular flexibility index (Phi) is 5.39. The van der Waals surface area contributed by atoms with Crippen LogP contribution in [0.2, 0.25) is 0 Å². The van der Waals surface area contributed by atoms with E-state index < -0.39 is 29.2 Å². The Morgan fingerprint density at radius 3 is 2.27 bits per heavy atom. The average Bonchev–Trinajstić information content (AvgIpc) is 2.64. The summed E-state index contributed by atoms with van der Waals surface area (Å²) in [6, 6.07) is 6.90. The quantitative estimate of drug-likeness (QED) is 0.770. The van der Waals surface area contributed by atoms with E-state index in [4.69, 9.17) is 0 Å². The van der Waals surface area contributed by atoms with Gasteiger partial charge in [-0.25, -0.2) is 0 Å². The molecule has 0 saturated heterocycles. The molecular weight excluding hydrogens is 355 g/mol. The van der Waals surface area contributed by atoms with Crippen molar-refractivity contribution in [3.8, 4) is 17.2 Å². The molecule has 1 amide bonds. The number of carbonyl (C=O) groups excluding carboxylic acids is 1. The average molecular weight is 369 g/mol. The number of halogens is 3. The van der Waals surface area contributed by atoms with Crippen LogP contribution in [0, 0.1) is 6.92 Å². The van der Waals surface area contributed by atoms with Crippen molar-refractivity contribution in [1.82, 2.24) is 5.32 Å². The monoisotopic (exact) mass is 369 g/mol. The number of benzene rings is 1. The van der Waals surface area contributed by atoms with Crippen molar-refractivity contribution < 1.29 is 32.9 Å². The zero-order chi connectivity index (χ0) is 19.5. The summed E-state index contributed by atoms with van der Waals surface area (Å²) in [4.78, 5) is 23.7. The van der Waals surface area contributed by atoms with Gasteiger partial charge in [-0.3, -0.25) is 9.59 Å². The lowest BCUT2D eigenvalue weighted by atomic mass is 10.1. The van der Waals surface area contributed by atoms with Crippen LogP contribution in [-0.4, -0.2) is 22.5 Å². The van der Waals surface area contributed by atoms with Gasteiger partial charge in [0, 0.05) is 12.1 Å². The number of hydrogen-bond donors (Lipinski definition) is 3. The van der Waals surface area contributed by atoms with Crippen molar-refractivity contribution in [3.05, 3.63) is 63.3 Å². The molecule has 138 valence electrons. The molecule has 0 aromatic heterocycles. The molecule has 2 rings (SSSR count). The molecule has 9 heteroatoms. The maximum Gasteiger partial charge on any atom is 0.573 e. The van der Waals surface area contributed by atoms with Gasteiger partial charge in [0.1, 0.15) is 5.75 Å². The molecule has 0 aliphatic heterocycles. The fourth-order valence-corrected chi connectivity index (χ4v) is 2.13. The molecule has 0 radical (unpaired) electrons. The molecular formula is C17H14F3NO5. The van der Waals surface area contributed by atoms with Crippen molar-refractivity contribution in [2.75, 3.05) is 0 Å². The second-order valence-electron chi connectivity index (χ2n) is 5.36. The van der Waals surface area contributed by atoms with Gasteiger partial charge < -0.3 is 20.3 Å². The summed E-state index contributed by atoms with van der Waals surface area (Å²) >= 11 is 0. The molecule has 3 N–H and O–H groups in total. The number of amides is 1. The predicted molar refractivity (Wildman–Crippen MR) is 85.1 cm³/mol. The van der Waals surface area contributed by atoms with Crippen LogP contribution in [0.3, 0.4) is 0 Å². The largest absolute Gasteiger partial charge is 0.573 e. The highest BCUT2D eigenvalue weighted by Gasteiger charge is 2.30. The number of aromatic hydroxyl groups is 2. The van der Waals surface area contributed by atoms with Gasteiger partial charge in [-0.2, -0.15) is 0 Å². The first kappa shape index (κ1) is 19.1. The highest BCUT2D eigenvalue weighted by atomic mass is 19.4. The summed E-state index contributed by atoms with van der Waals surface area (Å²) in [5, 5.41) is 21.5. The maximum absolute atomic E-state index is 12.2. The summed E-state index contributed by atoms with van der Waals surface area (Å²) in [5.74, 6) is -2.50. The third-order valence-electron chi connectivity index (χ3n) is 3.38. The Hall–Kier alpha value is -3.23. The fraction of sp³-hybridized carbons (Fsp3) is 0.176. The highest BCUT2D eigenvalue weighted by Crippen LogP contribution is 2.22. The Bertz CT molecular complexity index is 879. The summed E-state index contributed by atoms with van der Waals surface area (Å²) in [5.41, 5.74) is -0.280. The second kappa shape index (κ2) is 7.34. The van der Waals surface area contributed by atoms with E-state index in [1.165, 1.54) is 19.1 Å². The van der Waals surface area contributed by atoms with E-state index in [0.29, 0.717) is 5.56 Å². The first-order valence-corrected chi connectivity index (χ1v) is 7.26. The van der Waals surface area contributed by atoms with Crippen molar-refractivity contribution in [3.63, 3.8) is 0 Å². The summed E-state index contributed by atoms with van der Waals surface area (Å²) in [7, 11) is 0. The van der Waals surface area contributed by atoms with Crippen LogP contribution in [0.15, 0.2) is 41.2 Å². The second-order valence-corrected chi connectivity index (χ2v) is 5.36. The van der Waals surface area contributed by atoms with Crippen LogP contribution in [0.25, 0.3) is 0 Å². The minimum Gasteiger partial charge on any atom is -0.504 e. The third-order valence-corrected chi connectivity index (χ3v) is 3.38. The number of alkyl halides is 3. The van der Waals surface area contributed by atoms with E-state index in [-0.39, 0.29) is 23.4 Å². The Morgan fingerprint density at radius 1 is 1.12 bits per heavy atom. The molecule has 2 aromatic carbocycles. The Morgan fingerprint density at radius 2 is 1.69 bits per heavy atom. The molecule has 0 saturated carbocycles. The van der Waals surface area contributed by atoms with Crippen molar-refractivity contribution in [2.45, 2.75) is 19.8 Å². The van der Waals surface area contributed by atoms with Gasteiger partial charge >= 0.3 is 6.36 Å². The smallest absolute Gasteiger partial charge is 0.504 e. The van der Waals surface area contributed by atoms with Gasteiger partial charge in [-0.15, -0.1) is 13.2 Å². The van der Waals surface area contributed by atoms with Crippen LogP contribution >= 0.6 is 0 Å². The van der Waals surface area contributed by atoms with Gasteiger partial charge in [0.25, 0.3) is 11.3 Å². The number of hydrogen-bond acceptors (Lipinski definition) is 5. The van der Waals surface area contributed by atoms with Gasteiger partial charge in [-0.05, 0) is 42.3 Å². The molecule has 0 spiro atoms. The summed E-state index contributed by atoms with van der Waals surface area (Å²) in [6.07, 6.45) is -4.79. The molecule has 0 aliphatic rings. The van der Waals surface area contributed by atoms with Crippen LogP contribution in [0.1, 0.15) is 21.5 Å². The minimum absolute atomic E-state index is 0.0137. The number of aryl methyl sites for hydroxylation is 1. The lowest BCUT2D eigenvalue weighted by Crippen LogP contribution is -2.23. The van der Waals surface area contributed by atoms with E-state index in [1.807, 2.05) is 0 Å².